The maximum absolute atomic E-state index is 13.8. The fraction of sp³-hybridized carbons (Fsp3) is 0.364. The molecule has 4 heteroatoms. The van der Waals surface area contributed by atoms with Crippen LogP contribution in [0.4, 0.5) is 10.2 Å². The van der Waals surface area contributed by atoms with Gasteiger partial charge in [-0.1, -0.05) is 6.08 Å². The third kappa shape index (κ3) is 2.53. The molecule has 1 rings (SSSR count). The quantitative estimate of drug-likeness (QED) is 0.750. The zero-order valence-corrected chi connectivity index (χ0v) is 8.91. The molecule has 0 saturated carbocycles. The van der Waals surface area contributed by atoms with E-state index in [0.717, 1.165) is 0 Å². The minimum absolute atomic E-state index is 0.187. The minimum atomic E-state index is -0.330. The molecule has 0 radical (unpaired) electrons. The summed E-state index contributed by atoms with van der Waals surface area (Å²) in [4.78, 5) is 5.83. The number of anilines is 1. The van der Waals surface area contributed by atoms with Crippen molar-refractivity contribution < 1.29 is 4.39 Å². The molecule has 0 saturated heterocycles. The van der Waals surface area contributed by atoms with Crippen molar-refractivity contribution in [2.45, 2.75) is 13.5 Å². The van der Waals surface area contributed by atoms with E-state index in [1.165, 1.54) is 0 Å². The van der Waals surface area contributed by atoms with Crippen LogP contribution in [-0.4, -0.2) is 18.1 Å². The highest BCUT2D eigenvalue weighted by atomic mass is 19.1. The molecule has 15 heavy (non-hydrogen) atoms. The van der Waals surface area contributed by atoms with Crippen molar-refractivity contribution in [3.05, 3.63) is 36.3 Å². The van der Waals surface area contributed by atoms with Gasteiger partial charge in [-0.05, 0) is 13.0 Å². The van der Waals surface area contributed by atoms with Crippen LogP contribution in [0.3, 0.4) is 0 Å². The molecule has 0 unspecified atom stereocenters. The highest BCUT2D eigenvalue weighted by molar-refractivity contribution is 5.43. The van der Waals surface area contributed by atoms with Crippen LogP contribution in [0.15, 0.2) is 24.9 Å². The Balaban J connectivity index is 3.06. The molecule has 2 N–H and O–H groups in total. The van der Waals surface area contributed by atoms with Crippen LogP contribution < -0.4 is 10.6 Å². The molecule has 0 amide bonds. The van der Waals surface area contributed by atoms with Gasteiger partial charge in [0.05, 0.1) is 0 Å². The zero-order chi connectivity index (χ0) is 11.3. The summed E-state index contributed by atoms with van der Waals surface area (Å²) >= 11 is 0. The lowest BCUT2D eigenvalue weighted by molar-refractivity contribution is 0.597. The molecule has 0 fully saturated rings. The number of halogens is 1. The van der Waals surface area contributed by atoms with Crippen LogP contribution in [0.2, 0.25) is 0 Å². The summed E-state index contributed by atoms with van der Waals surface area (Å²) in [5, 5.41) is 0. The smallest absolute Gasteiger partial charge is 0.170 e. The van der Waals surface area contributed by atoms with Gasteiger partial charge >= 0.3 is 0 Å². The van der Waals surface area contributed by atoms with E-state index in [1.54, 1.807) is 18.3 Å². The number of hydrogen-bond acceptors (Lipinski definition) is 3. The number of nitrogens with two attached hydrogens (primary N) is 1. The van der Waals surface area contributed by atoms with Crippen LogP contribution in [0.1, 0.15) is 12.5 Å². The predicted octanol–water partition coefficient (Wildman–Crippen LogP) is 1.69. The van der Waals surface area contributed by atoms with E-state index in [2.05, 4.69) is 11.6 Å². The van der Waals surface area contributed by atoms with Gasteiger partial charge in [0.2, 0.25) is 0 Å². The van der Waals surface area contributed by atoms with Crippen LogP contribution in [0, 0.1) is 5.82 Å². The fourth-order valence-corrected chi connectivity index (χ4v) is 1.37. The lowest BCUT2D eigenvalue weighted by Crippen LogP contribution is -2.25. The van der Waals surface area contributed by atoms with E-state index >= 15 is 0 Å². The van der Waals surface area contributed by atoms with E-state index in [4.69, 9.17) is 5.73 Å². The third-order valence-corrected chi connectivity index (χ3v) is 2.20. The van der Waals surface area contributed by atoms with Crippen molar-refractivity contribution in [3.8, 4) is 0 Å². The number of nitrogens with zero attached hydrogens (tertiary/aromatic N) is 2. The Bertz CT molecular complexity index is 339. The molecule has 0 bridgehead atoms. The molecular weight excluding hydrogens is 193 g/mol. The van der Waals surface area contributed by atoms with Crippen LogP contribution >= 0.6 is 0 Å². The first-order valence-corrected chi connectivity index (χ1v) is 4.93. The topological polar surface area (TPSA) is 42.2 Å². The molecular formula is C11H16FN3. The molecule has 0 aliphatic rings. The first kappa shape index (κ1) is 11.7. The molecule has 0 aliphatic heterocycles. The zero-order valence-electron chi connectivity index (χ0n) is 8.91. The summed E-state index contributed by atoms with van der Waals surface area (Å²) in [6.45, 7) is 7.02. The summed E-state index contributed by atoms with van der Waals surface area (Å²) in [5.41, 5.74) is 5.92. The molecule has 3 nitrogen and oxygen atoms in total. The predicted molar refractivity (Wildman–Crippen MR) is 60.2 cm³/mol. The van der Waals surface area contributed by atoms with Crippen molar-refractivity contribution in [2.24, 2.45) is 5.73 Å². The highest BCUT2D eigenvalue weighted by Crippen LogP contribution is 2.18. The third-order valence-electron chi connectivity index (χ3n) is 2.20. The van der Waals surface area contributed by atoms with Gasteiger partial charge in [0, 0.05) is 31.4 Å². The molecule has 1 aromatic rings. The highest BCUT2D eigenvalue weighted by Gasteiger charge is 2.12. The number of hydrogen-bond donors (Lipinski definition) is 1. The Hall–Kier alpha value is -1.42. The second-order valence-corrected chi connectivity index (χ2v) is 3.14. The van der Waals surface area contributed by atoms with Gasteiger partial charge in [0.15, 0.2) is 11.6 Å². The minimum Gasteiger partial charge on any atom is -0.351 e. The normalized spacial score (nSPS) is 10.1. The van der Waals surface area contributed by atoms with E-state index in [9.17, 15) is 4.39 Å². The number of aromatic nitrogens is 1. The van der Waals surface area contributed by atoms with Crippen molar-refractivity contribution in [1.29, 1.82) is 0 Å². The fourth-order valence-electron chi connectivity index (χ4n) is 1.37. The van der Waals surface area contributed by atoms with Gasteiger partial charge in [-0.3, -0.25) is 0 Å². The lowest BCUT2D eigenvalue weighted by Gasteiger charge is -2.21. The van der Waals surface area contributed by atoms with Gasteiger partial charge in [0.25, 0.3) is 0 Å². The van der Waals surface area contributed by atoms with Crippen LogP contribution in [0.25, 0.3) is 0 Å². The Labute approximate surface area is 89.4 Å². The van der Waals surface area contributed by atoms with Crippen LogP contribution in [-0.2, 0) is 6.54 Å². The first-order chi connectivity index (χ1) is 7.24. The van der Waals surface area contributed by atoms with Crippen molar-refractivity contribution in [2.75, 3.05) is 18.0 Å². The Morgan fingerprint density at radius 1 is 1.67 bits per heavy atom. The largest absolute Gasteiger partial charge is 0.351 e. The monoisotopic (exact) mass is 209 g/mol. The summed E-state index contributed by atoms with van der Waals surface area (Å²) < 4.78 is 13.8. The average Bonchev–Trinajstić information content (AvgIpc) is 2.27. The summed E-state index contributed by atoms with van der Waals surface area (Å²) in [7, 11) is 0. The molecule has 1 heterocycles. The second-order valence-electron chi connectivity index (χ2n) is 3.14. The summed E-state index contributed by atoms with van der Waals surface area (Å²) in [6, 6.07) is 1.60. The van der Waals surface area contributed by atoms with Gasteiger partial charge in [-0.15, -0.1) is 6.58 Å². The SMILES string of the molecule is C=CCN(CC)c1nccc(CN)c1F. The molecule has 0 aliphatic carbocycles. The summed E-state index contributed by atoms with van der Waals surface area (Å²) in [6.07, 6.45) is 3.30. The van der Waals surface area contributed by atoms with Crippen molar-refractivity contribution in [1.82, 2.24) is 4.98 Å². The maximum Gasteiger partial charge on any atom is 0.170 e. The average molecular weight is 209 g/mol. The van der Waals surface area contributed by atoms with Gasteiger partial charge in [0.1, 0.15) is 0 Å². The van der Waals surface area contributed by atoms with E-state index in [1.807, 2.05) is 11.8 Å². The van der Waals surface area contributed by atoms with E-state index in [-0.39, 0.29) is 12.4 Å². The number of likely N-dealkylation sites (N-methyl/N-ethyl adjacent to an activating group) is 1. The second kappa shape index (κ2) is 5.46. The van der Waals surface area contributed by atoms with Gasteiger partial charge < -0.3 is 10.6 Å². The summed E-state index contributed by atoms with van der Waals surface area (Å²) in [5.74, 6) is 0.0176. The lowest BCUT2D eigenvalue weighted by atomic mass is 10.2. The van der Waals surface area contributed by atoms with Gasteiger partial charge in [-0.2, -0.15) is 0 Å². The maximum atomic E-state index is 13.8. The molecule has 0 spiro atoms. The molecule has 0 aromatic carbocycles. The van der Waals surface area contributed by atoms with Crippen molar-refractivity contribution >= 4 is 5.82 Å². The van der Waals surface area contributed by atoms with Crippen LogP contribution in [0.5, 0.6) is 0 Å². The Kier molecular flexibility index (Phi) is 4.24. The van der Waals surface area contributed by atoms with Gasteiger partial charge in [-0.25, -0.2) is 9.37 Å². The number of pyridine rings is 1. The molecule has 1 aromatic heterocycles. The standard InChI is InChI=1S/C11H16FN3/c1-3-7-15(4-2)11-10(12)9(8-13)5-6-14-11/h3,5-6H,1,4,7-8,13H2,2H3. The molecule has 82 valence electrons. The van der Waals surface area contributed by atoms with E-state index < -0.39 is 0 Å². The van der Waals surface area contributed by atoms with Crippen molar-refractivity contribution in [3.63, 3.8) is 0 Å². The Morgan fingerprint density at radius 3 is 2.93 bits per heavy atom. The Morgan fingerprint density at radius 2 is 2.40 bits per heavy atom. The van der Waals surface area contributed by atoms with E-state index in [0.29, 0.717) is 24.5 Å². The number of rotatable bonds is 5. The molecule has 0 atom stereocenters. The first-order valence-electron chi connectivity index (χ1n) is 4.93.